The molecule has 1 unspecified atom stereocenters. The van der Waals surface area contributed by atoms with Gasteiger partial charge in [-0.25, -0.2) is 0 Å². The minimum Gasteiger partial charge on any atom is -0.314 e. The number of rotatable bonds is 7. The Hall–Kier alpha value is -0.0400. The quantitative estimate of drug-likeness (QED) is 0.580. The summed E-state index contributed by atoms with van der Waals surface area (Å²) in [5.41, 5.74) is 0. The Morgan fingerprint density at radius 2 is 1.67 bits per heavy atom. The Kier molecular flexibility index (Phi) is 7.58. The van der Waals surface area contributed by atoms with Gasteiger partial charge in [0, 0.05) is 6.04 Å². The molecule has 0 spiro atoms. The van der Waals surface area contributed by atoms with Gasteiger partial charge in [-0.1, -0.05) is 40.0 Å². The molecule has 1 heteroatoms. The summed E-state index contributed by atoms with van der Waals surface area (Å²) in [5, 5.41) is 3.54. The fraction of sp³-hybridized carbons (Fsp3) is 1.00. The van der Waals surface area contributed by atoms with Crippen molar-refractivity contribution >= 4 is 0 Å². The molecule has 0 aromatic carbocycles. The molecular formula is C11H25N. The molecular weight excluding hydrogens is 146 g/mol. The number of hydrogen-bond donors (Lipinski definition) is 1. The molecule has 0 amide bonds. The molecule has 0 aliphatic carbocycles. The minimum absolute atomic E-state index is 0.673. The lowest BCUT2D eigenvalue weighted by Gasteiger charge is -2.17. The van der Waals surface area contributed by atoms with Crippen molar-refractivity contribution in [2.75, 3.05) is 6.54 Å². The standard InChI is InChI=1S/C11H25N/c1-5-6-7-8-9-12-11(4)10(2)3/h10-12H,5-9H2,1-4H3. The topological polar surface area (TPSA) is 12.0 Å². The molecule has 0 fully saturated rings. The zero-order chi connectivity index (χ0) is 9.40. The van der Waals surface area contributed by atoms with Crippen molar-refractivity contribution in [2.24, 2.45) is 5.92 Å². The molecule has 0 aliphatic rings. The normalized spacial score (nSPS) is 13.8. The van der Waals surface area contributed by atoms with Gasteiger partial charge < -0.3 is 5.32 Å². The Morgan fingerprint density at radius 3 is 2.17 bits per heavy atom. The summed E-state index contributed by atoms with van der Waals surface area (Å²) >= 11 is 0. The molecule has 74 valence electrons. The molecule has 0 radical (unpaired) electrons. The van der Waals surface area contributed by atoms with Crippen LogP contribution in [-0.2, 0) is 0 Å². The molecule has 0 bridgehead atoms. The van der Waals surface area contributed by atoms with E-state index >= 15 is 0 Å². The van der Waals surface area contributed by atoms with Crippen LogP contribution < -0.4 is 5.32 Å². The van der Waals surface area contributed by atoms with Crippen LogP contribution in [0.25, 0.3) is 0 Å². The molecule has 1 atom stereocenters. The van der Waals surface area contributed by atoms with Crippen LogP contribution in [0.5, 0.6) is 0 Å². The van der Waals surface area contributed by atoms with Crippen molar-refractivity contribution in [2.45, 2.75) is 59.4 Å². The van der Waals surface area contributed by atoms with Crippen LogP contribution in [0.3, 0.4) is 0 Å². The average molecular weight is 171 g/mol. The van der Waals surface area contributed by atoms with E-state index in [2.05, 4.69) is 33.0 Å². The Balaban J connectivity index is 3.08. The predicted octanol–water partition coefficient (Wildman–Crippen LogP) is 3.20. The van der Waals surface area contributed by atoms with Gasteiger partial charge in [-0.3, -0.25) is 0 Å². The van der Waals surface area contributed by atoms with Gasteiger partial charge in [-0.2, -0.15) is 0 Å². The van der Waals surface area contributed by atoms with Crippen LogP contribution in [0.1, 0.15) is 53.4 Å². The van der Waals surface area contributed by atoms with Gasteiger partial charge in [0.05, 0.1) is 0 Å². The lowest BCUT2D eigenvalue weighted by Crippen LogP contribution is -2.31. The van der Waals surface area contributed by atoms with Crippen molar-refractivity contribution in [3.8, 4) is 0 Å². The number of hydrogen-bond acceptors (Lipinski definition) is 1. The maximum Gasteiger partial charge on any atom is 0.00617 e. The Morgan fingerprint density at radius 1 is 1.00 bits per heavy atom. The molecule has 0 aromatic heterocycles. The van der Waals surface area contributed by atoms with E-state index in [-0.39, 0.29) is 0 Å². The summed E-state index contributed by atoms with van der Waals surface area (Å²) in [4.78, 5) is 0. The third-order valence-corrected chi connectivity index (χ3v) is 2.50. The fourth-order valence-electron chi connectivity index (χ4n) is 1.12. The Bertz CT molecular complexity index is 89.0. The van der Waals surface area contributed by atoms with E-state index in [0.29, 0.717) is 6.04 Å². The second-order valence-corrected chi connectivity index (χ2v) is 4.05. The fourth-order valence-corrected chi connectivity index (χ4v) is 1.12. The van der Waals surface area contributed by atoms with E-state index in [4.69, 9.17) is 0 Å². The first-order valence-electron chi connectivity index (χ1n) is 5.41. The van der Waals surface area contributed by atoms with Crippen LogP contribution in [-0.4, -0.2) is 12.6 Å². The van der Waals surface area contributed by atoms with E-state index in [9.17, 15) is 0 Å². The third kappa shape index (κ3) is 6.66. The van der Waals surface area contributed by atoms with E-state index in [0.717, 1.165) is 5.92 Å². The van der Waals surface area contributed by atoms with E-state index < -0.39 is 0 Å². The average Bonchev–Trinajstić information content (AvgIpc) is 2.03. The van der Waals surface area contributed by atoms with Crippen LogP contribution in [0.2, 0.25) is 0 Å². The third-order valence-electron chi connectivity index (χ3n) is 2.50. The van der Waals surface area contributed by atoms with Gasteiger partial charge in [0.25, 0.3) is 0 Å². The number of nitrogens with one attached hydrogen (secondary N) is 1. The number of unbranched alkanes of at least 4 members (excludes halogenated alkanes) is 3. The summed E-state index contributed by atoms with van der Waals surface area (Å²) in [6.45, 7) is 10.3. The summed E-state index contributed by atoms with van der Waals surface area (Å²) in [6.07, 6.45) is 5.44. The minimum atomic E-state index is 0.673. The van der Waals surface area contributed by atoms with Crippen LogP contribution in [0.4, 0.5) is 0 Å². The summed E-state index contributed by atoms with van der Waals surface area (Å²) in [5.74, 6) is 0.760. The SMILES string of the molecule is CCCCCCNC(C)C(C)C. The molecule has 0 aliphatic heterocycles. The van der Waals surface area contributed by atoms with E-state index in [1.54, 1.807) is 0 Å². The summed E-state index contributed by atoms with van der Waals surface area (Å²) in [7, 11) is 0. The van der Waals surface area contributed by atoms with Crippen molar-refractivity contribution in [1.82, 2.24) is 5.32 Å². The zero-order valence-electron chi connectivity index (χ0n) is 9.19. The Labute approximate surface area is 77.9 Å². The molecule has 1 N–H and O–H groups in total. The molecule has 0 aromatic rings. The monoisotopic (exact) mass is 171 g/mol. The second kappa shape index (κ2) is 7.60. The van der Waals surface area contributed by atoms with Crippen LogP contribution in [0.15, 0.2) is 0 Å². The van der Waals surface area contributed by atoms with Crippen LogP contribution in [0, 0.1) is 5.92 Å². The van der Waals surface area contributed by atoms with E-state index in [1.165, 1.54) is 32.2 Å². The zero-order valence-corrected chi connectivity index (χ0v) is 9.19. The van der Waals surface area contributed by atoms with Gasteiger partial charge in [0.1, 0.15) is 0 Å². The molecule has 0 saturated carbocycles. The largest absolute Gasteiger partial charge is 0.314 e. The van der Waals surface area contributed by atoms with Gasteiger partial charge in [0.15, 0.2) is 0 Å². The smallest absolute Gasteiger partial charge is 0.00617 e. The molecule has 12 heavy (non-hydrogen) atoms. The molecule has 0 heterocycles. The van der Waals surface area contributed by atoms with Gasteiger partial charge in [0.2, 0.25) is 0 Å². The highest BCUT2D eigenvalue weighted by Gasteiger charge is 2.03. The second-order valence-electron chi connectivity index (χ2n) is 4.05. The highest BCUT2D eigenvalue weighted by atomic mass is 14.9. The van der Waals surface area contributed by atoms with Crippen molar-refractivity contribution < 1.29 is 0 Å². The van der Waals surface area contributed by atoms with Gasteiger partial charge >= 0.3 is 0 Å². The summed E-state index contributed by atoms with van der Waals surface area (Å²) in [6, 6.07) is 0.673. The molecule has 0 saturated heterocycles. The maximum absolute atomic E-state index is 3.54. The maximum atomic E-state index is 3.54. The van der Waals surface area contributed by atoms with Crippen molar-refractivity contribution in [3.05, 3.63) is 0 Å². The summed E-state index contributed by atoms with van der Waals surface area (Å²) < 4.78 is 0. The van der Waals surface area contributed by atoms with E-state index in [1.807, 2.05) is 0 Å². The predicted molar refractivity (Wildman–Crippen MR) is 56.4 cm³/mol. The van der Waals surface area contributed by atoms with Gasteiger partial charge in [-0.15, -0.1) is 0 Å². The lowest BCUT2D eigenvalue weighted by molar-refractivity contribution is 0.420. The molecule has 1 nitrogen and oxygen atoms in total. The first-order chi connectivity index (χ1) is 5.68. The first-order valence-corrected chi connectivity index (χ1v) is 5.41. The van der Waals surface area contributed by atoms with Crippen molar-refractivity contribution in [3.63, 3.8) is 0 Å². The van der Waals surface area contributed by atoms with Crippen LogP contribution >= 0.6 is 0 Å². The lowest BCUT2D eigenvalue weighted by atomic mass is 10.1. The first kappa shape index (κ1) is 12.0. The van der Waals surface area contributed by atoms with Gasteiger partial charge in [-0.05, 0) is 25.8 Å². The highest BCUT2D eigenvalue weighted by molar-refractivity contribution is 4.63. The highest BCUT2D eigenvalue weighted by Crippen LogP contribution is 2.01. The van der Waals surface area contributed by atoms with Crippen molar-refractivity contribution in [1.29, 1.82) is 0 Å². The molecule has 0 rings (SSSR count).